The molecule has 4 aromatic rings. The Morgan fingerprint density at radius 1 is 1.17 bits per heavy atom. The monoisotopic (exact) mass is 401 g/mol. The number of nitrogens with one attached hydrogen (secondary N) is 1. The summed E-state index contributed by atoms with van der Waals surface area (Å²) >= 11 is 0. The van der Waals surface area contributed by atoms with Crippen molar-refractivity contribution in [3.63, 3.8) is 0 Å². The SMILES string of the molecule is C[C@@H]1COCCN1c1cc(-c2cnc3n2CCC3)c2ccnc(-c3ccn[nH]3)c2n1. The van der Waals surface area contributed by atoms with Gasteiger partial charge in [-0.1, -0.05) is 0 Å². The van der Waals surface area contributed by atoms with Crippen LogP contribution in [0.1, 0.15) is 19.2 Å². The van der Waals surface area contributed by atoms with Gasteiger partial charge < -0.3 is 14.2 Å². The summed E-state index contributed by atoms with van der Waals surface area (Å²) in [5, 5.41) is 8.24. The van der Waals surface area contributed by atoms with Crippen LogP contribution in [0.25, 0.3) is 33.5 Å². The number of H-pyrrole nitrogens is 1. The number of hydrogen-bond acceptors (Lipinski definition) is 6. The molecule has 0 spiro atoms. The second-order valence-corrected chi connectivity index (χ2v) is 7.99. The molecule has 0 bridgehead atoms. The van der Waals surface area contributed by atoms with Crippen molar-refractivity contribution in [2.75, 3.05) is 24.7 Å². The third-order valence-electron chi connectivity index (χ3n) is 6.13. The fraction of sp³-hybridized carbons (Fsp3) is 0.364. The Hall–Kier alpha value is -3.26. The van der Waals surface area contributed by atoms with Gasteiger partial charge >= 0.3 is 0 Å². The van der Waals surface area contributed by atoms with E-state index in [1.165, 1.54) is 5.82 Å². The van der Waals surface area contributed by atoms with Gasteiger partial charge in [0.1, 0.15) is 22.9 Å². The number of ether oxygens (including phenoxy) is 1. The molecule has 2 aliphatic rings. The number of imidazole rings is 1. The molecule has 0 radical (unpaired) electrons. The maximum atomic E-state index is 5.66. The van der Waals surface area contributed by atoms with Gasteiger partial charge in [-0.3, -0.25) is 10.1 Å². The van der Waals surface area contributed by atoms with Crippen LogP contribution < -0.4 is 4.90 Å². The van der Waals surface area contributed by atoms with Crippen molar-refractivity contribution < 1.29 is 4.74 Å². The number of pyridine rings is 2. The van der Waals surface area contributed by atoms with Crippen molar-refractivity contribution in [2.45, 2.75) is 32.4 Å². The number of hydrogen-bond donors (Lipinski definition) is 1. The molecule has 6 rings (SSSR count). The highest BCUT2D eigenvalue weighted by Crippen LogP contribution is 2.36. The molecular weight excluding hydrogens is 378 g/mol. The van der Waals surface area contributed by atoms with Gasteiger partial charge in [0.15, 0.2) is 0 Å². The largest absolute Gasteiger partial charge is 0.377 e. The smallest absolute Gasteiger partial charge is 0.130 e. The predicted molar refractivity (Wildman–Crippen MR) is 114 cm³/mol. The number of rotatable bonds is 3. The van der Waals surface area contributed by atoms with E-state index in [4.69, 9.17) is 9.72 Å². The molecule has 30 heavy (non-hydrogen) atoms. The number of nitrogens with zero attached hydrogens (tertiary/aromatic N) is 6. The van der Waals surface area contributed by atoms with E-state index in [9.17, 15) is 0 Å². The molecule has 0 amide bonds. The summed E-state index contributed by atoms with van der Waals surface area (Å²) in [6.45, 7) is 5.43. The quantitative estimate of drug-likeness (QED) is 0.568. The van der Waals surface area contributed by atoms with Crippen molar-refractivity contribution in [2.24, 2.45) is 0 Å². The Labute approximate surface area is 173 Å². The average Bonchev–Trinajstić information content (AvgIpc) is 3.51. The molecule has 0 saturated carbocycles. The lowest BCUT2D eigenvalue weighted by Crippen LogP contribution is -2.44. The van der Waals surface area contributed by atoms with Crippen molar-refractivity contribution in [3.8, 4) is 22.6 Å². The molecule has 0 aromatic carbocycles. The molecular formula is C22H23N7O. The average molecular weight is 401 g/mol. The summed E-state index contributed by atoms with van der Waals surface area (Å²) in [6.07, 6.45) is 7.79. The molecule has 8 heteroatoms. The number of aromatic amines is 1. The Bertz CT molecular complexity index is 1210. The lowest BCUT2D eigenvalue weighted by Gasteiger charge is -2.34. The van der Waals surface area contributed by atoms with Crippen LogP contribution in [0.3, 0.4) is 0 Å². The minimum atomic E-state index is 0.264. The van der Waals surface area contributed by atoms with Crippen LogP contribution in [0, 0.1) is 0 Å². The third kappa shape index (κ3) is 2.71. The fourth-order valence-electron chi connectivity index (χ4n) is 4.62. The second kappa shape index (κ2) is 6.91. The molecule has 4 aromatic heterocycles. The highest BCUT2D eigenvalue weighted by atomic mass is 16.5. The molecule has 0 aliphatic carbocycles. The van der Waals surface area contributed by atoms with Crippen LogP contribution in [-0.2, 0) is 17.7 Å². The van der Waals surface area contributed by atoms with Crippen molar-refractivity contribution >= 4 is 16.7 Å². The van der Waals surface area contributed by atoms with Crippen LogP contribution >= 0.6 is 0 Å². The summed E-state index contributed by atoms with van der Waals surface area (Å²) in [4.78, 5) is 16.8. The van der Waals surface area contributed by atoms with Gasteiger partial charge in [0.25, 0.3) is 0 Å². The molecule has 1 atom stereocenters. The van der Waals surface area contributed by atoms with E-state index in [1.54, 1.807) is 6.20 Å². The topological polar surface area (TPSA) is 84.8 Å². The second-order valence-electron chi connectivity index (χ2n) is 7.99. The van der Waals surface area contributed by atoms with Gasteiger partial charge in [0.2, 0.25) is 0 Å². The molecule has 1 fully saturated rings. The normalized spacial score (nSPS) is 18.8. The Morgan fingerprint density at radius 2 is 2.13 bits per heavy atom. The minimum Gasteiger partial charge on any atom is -0.377 e. The Kier molecular flexibility index (Phi) is 4.05. The number of aryl methyl sites for hydroxylation is 1. The summed E-state index contributed by atoms with van der Waals surface area (Å²) in [5.41, 5.74) is 4.86. The number of morpholine rings is 1. The first-order valence-electron chi connectivity index (χ1n) is 10.5. The van der Waals surface area contributed by atoms with Gasteiger partial charge in [-0.15, -0.1) is 0 Å². The van der Waals surface area contributed by atoms with Gasteiger partial charge in [0.05, 0.1) is 36.8 Å². The summed E-state index contributed by atoms with van der Waals surface area (Å²) in [5.74, 6) is 2.12. The molecule has 8 nitrogen and oxygen atoms in total. The molecule has 6 heterocycles. The Morgan fingerprint density at radius 3 is 3.00 bits per heavy atom. The zero-order chi connectivity index (χ0) is 20.1. The van der Waals surface area contributed by atoms with E-state index in [1.807, 2.05) is 18.5 Å². The number of fused-ring (bicyclic) bond motifs is 2. The van der Waals surface area contributed by atoms with Gasteiger partial charge in [-0.05, 0) is 31.5 Å². The zero-order valence-electron chi connectivity index (χ0n) is 16.9. The highest BCUT2D eigenvalue weighted by molar-refractivity contribution is 6.01. The van der Waals surface area contributed by atoms with Crippen LogP contribution in [-0.4, -0.2) is 55.5 Å². The van der Waals surface area contributed by atoms with E-state index in [0.29, 0.717) is 13.2 Å². The standard InChI is InChI=1S/C22H23N7O/c1-14-13-30-10-9-28(14)20-11-16(18-12-24-19-3-2-8-29(18)19)15-4-6-23-22(21(15)26-20)17-5-7-25-27-17/h4-7,11-12,14H,2-3,8-10,13H2,1H3,(H,25,27)/t14-/m1/s1. The predicted octanol–water partition coefficient (Wildman–Crippen LogP) is 3.05. The molecule has 0 unspecified atom stereocenters. The number of anilines is 1. The highest BCUT2D eigenvalue weighted by Gasteiger charge is 2.25. The number of aromatic nitrogens is 6. The molecule has 1 N–H and O–H groups in total. The van der Waals surface area contributed by atoms with Crippen LogP contribution in [0.2, 0.25) is 0 Å². The van der Waals surface area contributed by atoms with Crippen molar-refractivity contribution in [3.05, 3.63) is 42.6 Å². The summed E-state index contributed by atoms with van der Waals surface area (Å²) in [7, 11) is 0. The van der Waals surface area contributed by atoms with E-state index in [2.05, 4.69) is 48.7 Å². The summed E-state index contributed by atoms with van der Waals surface area (Å²) in [6, 6.07) is 6.46. The Balaban J connectivity index is 1.62. The van der Waals surface area contributed by atoms with Crippen LogP contribution in [0.15, 0.2) is 36.8 Å². The lowest BCUT2D eigenvalue weighted by atomic mass is 10.0. The molecule has 2 aliphatic heterocycles. The first-order valence-corrected chi connectivity index (χ1v) is 10.5. The first-order chi connectivity index (χ1) is 14.8. The maximum Gasteiger partial charge on any atom is 0.130 e. The fourth-order valence-corrected chi connectivity index (χ4v) is 4.62. The van der Waals surface area contributed by atoms with E-state index >= 15 is 0 Å². The van der Waals surface area contributed by atoms with Crippen LogP contribution in [0.5, 0.6) is 0 Å². The van der Waals surface area contributed by atoms with E-state index in [-0.39, 0.29) is 6.04 Å². The van der Waals surface area contributed by atoms with Gasteiger partial charge in [-0.2, -0.15) is 5.10 Å². The molecule has 152 valence electrons. The van der Waals surface area contributed by atoms with E-state index in [0.717, 1.165) is 65.3 Å². The maximum absolute atomic E-state index is 5.66. The van der Waals surface area contributed by atoms with Crippen LogP contribution in [0.4, 0.5) is 5.82 Å². The van der Waals surface area contributed by atoms with Gasteiger partial charge in [-0.25, -0.2) is 9.97 Å². The summed E-state index contributed by atoms with van der Waals surface area (Å²) < 4.78 is 8.00. The third-order valence-corrected chi connectivity index (χ3v) is 6.13. The zero-order valence-corrected chi connectivity index (χ0v) is 16.9. The first kappa shape index (κ1) is 17.6. The molecule has 1 saturated heterocycles. The minimum absolute atomic E-state index is 0.264. The van der Waals surface area contributed by atoms with Gasteiger partial charge in [0, 0.05) is 42.9 Å². The van der Waals surface area contributed by atoms with E-state index < -0.39 is 0 Å². The van der Waals surface area contributed by atoms with Crippen molar-refractivity contribution in [1.82, 2.24) is 29.7 Å². The lowest BCUT2D eigenvalue weighted by molar-refractivity contribution is 0.0986. The van der Waals surface area contributed by atoms with Crippen molar-refractivity contribution in [1.29, 1.82) is 0 Å².